The van der Waals surface area contributed by atoms with Crippen molar-refractivity contribution >= 4 is 0 Å². The van der Waals surface area contributed by atoms with Gasteiger partial charge in [0.2, 0.25) is 0 Å². The second kappa shape index (κ2) is 19.5. The van der Waals surface area contributed by atoms with Crippen molar-refractivity contribution in [3.05, 3.63) is 131 Å². The third-order valence-corrected chi connectivity index (χ3v) is 14.4. The zero-order valence-electron chi connectivity index (χ0n) is 35.4. The largest absolute Gasteiger partial charge is 0.0958 e. The van der Waals surface area contributed by atoms with Gasteiger partial charge in [0, 0.05) is 5.92 Å². The van der Waals surface area contributed by atoms with Gasteiger partial charge in [0.25, 0.3) is 0 Å². The number of allylic oxidation sites excluding steroid dienone is 19. The van der Waals surface area contributed by atoms with Gasteiger partial charge in [-0.2, -0.15) is 0 Å². The topological polar surface area (TPSA) is 0 Å². The van der Waals surface area contributed by atoms with E-state index in [4.69, 9.17) is 0 Å². The lowest BCUT2D eigenvalue weighted by Crippen LogP contribution is -2.39. The predicted octanol–water partition coefficient (Wildman–Crippen LogP) is 16.2. The summed E-state index contributed by atoms with van der Waals surface area (Å²) in [4.78, 5) is 0. The summed E-state index contributed by atoms with van der Waals surface area (Å²) in [6.07, 6.45) is 53.0. The molecule has 0 aromatic heterocycles. The summed E-state index contributed by atoms with van der Waals surface area (Å²) in [5, 5.41) is 0. The van der Waals surface area contributed by atoms with E-state index >= 15 is 0 Å². The normalized spacial score (nSPS) is 30.5. The van der Waals surface area contributed by atoms with E-state index in [1.54, 1.807) is 27.9 Å². The first-order chi connectivity index (χ1) is 26.3. The van der Waals surface area contributed by atoms with Gasteiger partial charge >= 0.3 is 0 Å². The fourth-order valence-corrected chi connectivity index (χ4v) is 12.3. The molecular formula is C54H76. The van der Waals surface area contributed by atoms with E-state index in [2.05, 4.69) is 103 Å². The molecule has 2 bridgehead atoms. The second-order valence-electron chi connectivity index (χ2n) is 18.6. The van der Waals surface area contributed by atoms with E-state index < -0.39 is 0 Å². The number of rotatable bonds is 14. The average Bonchev–Trinajstić information content (AvgIpc) is 3.48. The molecule has 1 spiro atoms. The molecule has 6 unspecified atom stereocenters. The third-order valence-electron chi connectivity index (χ3n) is 14.4. The maximum absolute atomic E-state index is 3.90. The summed E-state index contributed by atoms with van der Waals surface area (Å²) < 4.78 is 0. The Labute approximate surface area is 333 Å². The molecule has 6 aliphatic rings. The van der Waals surface area contributed by atoms with Crippen molar-refractivity contribution in [1.82, 2.24) is 0 Å². The van der Waals surface area contributed by atoms with E-state index in [1.807, 2.05) is 28.9 Å². The Balaban J connectivity index is 1.56. The lowest BCUT2D eigenvalue weighted by molar-refractivity contribution is 0.0701. The zero-order valence-corrected chi connectivity index (χ0v) is 35.4. The molecular weight excluding hydrogens is 649 g/mol. The molecule has 3 fully saturated rings. The van der Waals surface area contributed by atoms with Gasteiger partial charge in [-0.15, -0.1) is 0 Å². The highest BCUT2D eigenvalue weighted by Gasteiger charge is 2.48. The molecule has 54 heavy (non-hydrogen) atoms. The molecule has 0 amide bonds. The van der Waals surface area contributed by atoms with Gasteiger partial charge in [-0.3, -0.25) is 0 Å². The van der Waals surface area contributed by atoms with Gasteiger partial charge in [0.15, 0.2) is 0 Å². The van der Waals surface area contributed by atoms with Crippen LogP contribution in [0.1, 0.15) is 163 Å². The molecule has 292 valence electrons. The maximum atomic E-state index is 3.90. The molecule has 2 radical (unpaired) electrons. The maximum Gasteiger partial charge on any atom is 0.00656 e. The Morgan fingerprint density at radius 3 is 2.17 bits per heavy atom. The predicted molar refractivity (Wildman–Crippen MR) is 237 cm³/mol. The highest BCUT2D eigenvalue weighted by Crippen LogP contribution is 2.61. The molecule has 6 rings (SSSR count). The third kappa shape index (κ3) is 9.67. The molecule has 3 saturated carbocycles. The lowest BCUT2D eigenvalue weighted by atomic mass is 9.53. The van der Waals surface area contributed by atoms with Crippen LogP contribution in [0.4, 0.5) is 0 Å². The van der Waals surface area contributed by atoms with Crippen molar-refractivity contribution in [3.8, 4) is 0 Å². The lowest BCUT2D eigenvalue weighted by Gasteiger charge is -2.51. The monoisotopic (exact) mass is 725 g/mol. The first kappa shape index (κ1) is 41.0. The van der Waals surface area contributed by atoms with Gasteiger partial charge in [-0.1, -0.05) is 176 Å². The van der Waals surface area contributed by atoms with E-state index in [-0.39, 0.29) is 0 Å². The molecule has 0 heterocycles. The van der Waals surface area contributed by atoms with Gasteiger partial charge in [0.1, 0.15) is 0 Å². The molecule has 0 saturated heterocycles. The molecule has 6 aliphatic carbocycles. The summed E-state index contributed by atoms with van der Waals surface area (Å²) in [7, 11) is 0. The van der Waals surface area contributed by atoms with E-state index in [0.717, 1.165) is 17.9 Å². The van der Waals surface area contributed by atoms with E-state index in [1.165, 1.54) is 122 Å². The number of hydrogen-bond donors (Lipinski definition) is 0. The van der Waals surface area contributed by atoms with E-state index in [9.17, 15) is 0 Å². The minimum absolute atomic E-state index is 0.512. The summed E-state index contributed by atoms with van der Waals surface area (Å²) in [6.45, 7) is 20.1. The first-order valence-electron chi connectivity index (χ1n) is 23.0. The van der Waals surface area contributed by atoms with Crippen molar-refractivity contribution < 1.29 is 0 Å². The zero-order chi connectivity index (χ0) is 38.1. The Bertz CT molecular complexity index is 1590. The quantitative estimate of drug-likeness (QED) is 0.157. The first-order valence-corrected chi connectivity index (χ1v) is 23.0. The average molecular weight is 725 g/mol. The van der Waals surface area contributed by atoms with Crippen molar-refractivity contribution in [2.24, 2.45) is 40.9 Å². The molecule has 0 aromatic rings. The minimum Gasteiger partial charge on any atom is -0.0958 e. The van der Waals surface area contributed by atoms with Gasteiger partial charge in [-0.05, 0) is 153 Å². The van der Waals surface area contributed by atoms with Crippen LogP contribution < -0.4 is 0 Å². The van der Waals surface area contributed by atoms with Crippen LogP contribution in [0.15, 0.2) is 117 Å². The SMILES string of the molecule is [CH2]C(=C)\C=C/C=C\C=C\C=C1/[CH]C(C(CC)CCC)C2=C(C(CCC)CCC)C3=CC4=CC(=CC3=C(C3CCCC5(CCCC(C)C5)C3)C2C1)CCCC4. The number of fused-ring (bicyclic) bond motifs is 3. The summed E-state index contributed by atoms with van der Waals surface area (Å²) in [5.41, 5.74) is 15.1. The molecule has 0 aromatic carbocycles. The van der Waals surface area contributed by atoms with Crippen molar-refractivity contribution in [2.75, 3.05) is 0 Å². The van der Waals surface area contributed by atoms with Crippen LogP contribution in [0, 0.1) is 54.3 Å². The molecule has 0 N–H and O–H groups in total. The van der Waals surface area contributed by atoms with Crippen LogP contribution in [-0.4, -0.2) is 0 Å². The van der Waals surface area contributed by atoms with Crippen molar-refractivity contribution in [1.29, 1.82) is 0 Å². The Morgan fingerprint density at radius 2 is 1.48 bits per heavy atom. The summed E-state index contributed by atoms with van der Waals surface area (Å²) in [5.74, 6) is 3.94. The molecule has 6 atom stereocenters. The van der Waals surface area contributed by atoms with Gasteiger partial charge in [-0.25, -0.2) is 0 Å². The standard InChI is InChI=1S/C54H76/c1-8-21-44(11-4)47-33-43(26-16-14-12-13-15-24-39(5)6)36-50-51(46-29-20-31-54(38-46)30-19-25-40(7)37-54)48-34-41-27-17-18-28-42(32-41)35-49(48)52(53(47)50)45(22-9-2)23-10-3/h12-16,24,26,32-35,40,44-47,50H,5-6,8-11,17-23,25,27-31,36-38H2,1-4,7H3/b13-12-,16-14+,24-15-,43-26+. The summed E-state index contributed by atoms with van der Waals surface area (Å²) >= 11 is 0. The van der Waals surface area contributed by atoms with E-state index in [0.29, 0.717) is 35.0 Å². The Hall–Kier alpha value is -2.60. The van der Waals surface area contributed by atoms with Crippen LogP contribution in [0.2, 0.25) is 0 Å². The minimum atomic E-state index is 0.512. The van der Waals surface area contributed by atoms with Crippen LogP contribution in [0.5, 0.6) is 0 Å². The smallest absolute Gasteiger partial charge is 0.00656 e. The Kier molecular flexibility index (Phi) is 14.8. The summed E-state index contributed by atoms with van der Waals surface area (Å²) in [6, 6.07) is 0. The van der Waals surface area contributed by atoms with Crippen LogP contribution in [-0.2, 0) is 0 Å². The van der Waals surface area contributed by atoms with Crippen LogP contribution >= 0.6 is 0 Å². The Morgan fingerprint density at radius 1 is 0.796 bits per heavy atom. The second-order valence-corrected chi connectivity index (χ2v) is 18.6. The fraction of sp³-hybridized carbons (Fsp3) is 0.593. The number of hydrogen-bond acceptors (Lipinski definition) is 0. The van der Waals surface area contributed by atoms with Crippen LogP contribution in [0.25, 0.3) is 0 Å². The highest BCUT2D eigenvalue weighted by atomic mass is 14.5. The fourth-order valence-electron chi connectivity index (χ4n) is 12.3. The molecule has 0 nitrogen and oxygen atoms in total. The van der Waals surface area contributed by atoms with Gasteiger partial charge in [0.05, 0.1) is 0 Å². The van der Waals surface area contributed by atoms with Gasteiger partial charge < -0.3 is 0 Å². The van der Waals surface area contributed by atoms with Crippen molar-refractivity contribution in [2.45, 2.75) is 163 Å². The van der Waals surface area contributed by atoms with Crippen molar-refractivity contribution in [3.63, 3.8) is 0 Å². The van der Waals surface area contributed by atoms with Crippen LogP contribution in [0.3, 0.4) is 0 Å². The molecule has 0 heteroatoms. The highest BCUT2D eigenvalue weighted by molar-refractivity contribution is 5.68. The molecule has 0 aliphatic heterocycles.